The summed E-state index contributed by atoms with van der Waals surface area (Å²) < 4.78 is 1.16. The fourth-order valence-electron chi connectivity index (χ4n) is 3.53. The molecule has 0 radical (unpaired) electrons. The molecule has 2 heterocycles. The maximum Gasteiger partial charge on any atom is 0.0705 e. The lowest BCUT2D eigenvalue weighted by molar-refractivity contribution is 1.75. The zero-order valence-electron chi connectivity index (χ0n) is 13.2. The summed E-state index contributed by atoms with van der Waals surface area (Å²) in [5.41, 5.74) is 2.68. The van der Waals surface area contributed by atoms with Gasteiger partial charge >= 0.3 is 0 Å². The second-order valence-corrected chi connectivity index (χ2v) is 9.33. The van der Waals surface area contributed by atoms with Crippen molar-refractivity contribution in [2.24, 2.45) is 0 Å². The molecule has 0 aliphatic carbocycles. The second kappa shape index (κ2) is 6.10. The largest absolute Gasteiger partial charge is 0.144 e. The van der Waals surface area contributed by atoms with Gasteiger partial charge in [0.2, 0.25) is 0 Å². The van der Waals surface area contributed by atoms with Crippen LogP contribution in [0.25, 0.3) is 42.4 Å². The van der Waals surface area contributed by atoms with Crippen molar-refractivity contribution in [2.45, 2.75) is 0 Å². The van der Waals surface area contributed by atoms with E-state index in [1.54, 1.807) is 22.7 Å². The number of hydrogen-bond donors (Lipinski definition) is 0. The number of fused-ring (bicyclic) bond motifs is 2. The van der Waals surface area contributed by atoms with Gasteiger partial charge in [0.15, 0.2) is 0 Å². The fraction of sp³-hybridized carbons (Fsp3) is 0. The monoisotopic (exact) mass is 420 g/mol. The highest BCUT2D eigenvalue weighted by molar-refractivity contribution is 9.11. The Labute approximate surface area is 162 Å². The fourth-order valence-corrected chi connectivity index (χ4v) is 5.79. The van der Waals surface area contributed by atoms with Crippen LogP contribution < -0.4 is 0 Å². The van der Waals surface area contributed by atoms with Crippen LogP contribution in [0.1, 0.15) is 0 Å². The Morgan fingerprint density at radius 1 is 0.560 bits per heavy atom. The van der Waals surface area contributed by atoms with Gasteiger partial charge in [0.25, 0.3) is 0 Å². The molecule has 0 unspecified atom stereocenters. The topological polar surface area (TPSA) is 0 Å². The normalized spacial score (nSPS) is 11.4. The van der Waals surface area contributed by atoms with Crippen molar-refractivity contribution in [1.29, 1.82) is 0 Å². The summed E-state index contributed by atoms with van der Waals surface area (Å²) in [4.78, 5) is 2.63. The SMILES string of the molecule is Brc1ccc(-c2c3ccccc3c(-c3cccs3)c3ccccc23)s1. The van der Waals surface area contributed by atoms with Crippen LogP contribution in [0.3, 0.4) is 0 Å². The van der Waals surface area contributed by atoms with Crippen LogP contribution in [-0.2, 0) is 0 Å². The van der Waals surface area contributed by atoms with E-state index in [1.807, 2.05) is 0 Å². The predicted molar refractivity (Wildman–Crippen MR) is 116 cm³/mol. The number of rotatable bonds is 2. The molecule has 0 atom stereocenters. The van der Waals surface area contributed by atoms with Crippen molar-refractivity contribution >= 4 is 60.1 Å². The molecule has 5 aromatic rings. The Hall–Kier alpha value is -1.94. The van der Waals surface area contributed by atoms with Gasteiger partial charge in [-0.1, -0.05) is 54.6 Å². The minimum absolute atomic E-state index is 1.16. The van der Waals surface area contributed by atoms with Crippen LogP contribution >= 0.6 is 38.6 Å². The molecule has 3 aromatic carbocycles. The number of benzene rings is 3. The molecule has 25 heavy (non-hydrogen) atoms. The van der Waals surface area contributed by atoms with Crippen LogP contribution in [0.15, 0.2) is 82.0 Å². The van der Waals surface area contributed by atoms with Crippen molar-refractivity contribution in [1.82, 2.24) is 0 Å². The predicted octanol–water partition coefficient (Wildman–Crippen LogP) is 8.21. The van der Waals surface area contributed by atoms with Gasteiger partial charge in [0.05, 0.1) is 3.79 Å². The highest BCUT2D eigenvalue weighted by Gasteiger charge is 2.17. The molecular formula is C22H13BrS2. The average Bonchev–Trinajstić information content (AvgIpc) is 3.31. The number of halogens is 1. The molecule has 2 aromatic heterocycles. The van der Waals surface area contributed by atoms with Gasteiger partial charge in [-0.3, -0.25) is 0 Å². The van der Waals surface area contributed by atoms with E-state index in [1.165, 1.54) is 42.4 Å². The summed E-state index contributed by atoms with van der Waals surface area (Å²) in [5.74, 6) is 0. The van der Waals surface area contributed by atoms with Gasteiger partial charge in [-0.2, -0.15) is 0 Å². The molecule has 0 bridgehead atoms. The van der Waals surface area contributed by atoms with Crippen molar-refractivity contribution in [2.75, 3.05) is 0 Å². The Morgan fingerprint density at radius 2 is 1.12 bits per heavy atom. The first-order valence-electron chi connectivity index (χ1n) is 8.06. The van der Waals surface area contributed by atoms with Crippen molar-refractivity contribution in [3.63, 3.8) is 0 Å². The van der Waals surface area contributed by atoms with E-state index < -0.39 is 0 Å². The molecule has 3 heteroatoms. The Morgan fingerprint density at radius 3 is 1.56 bits per heavy atom. The third-order valence-corrected chi connectivity index (χ3v) is 7.05. The van der Waals surface area contributed by atoms with Crippen LogP contribution in [-0.4, -0.2) is 0 Å². The zero-order chi connectivity index (χ0) is 16.8. The average molecular weight is 421 g/mol. The Balaban J connectivity index is 2.03. The third kappa shape index (κ3) is 2.46. The van der Waals surface area contributed by atoms with Gasteiger partial charge in [0.1, 0.15) is 0 Å². The molecule has 120 valence electrons. The van der Waals surface area contributed by atoms with Gasteiger partial charge < -0.3 is 0 Å². The highest BCUT2D eigenvalue weighted by atomic mass is 79.9. The summed E-state index contributed by atoms with van der Waals surface area (Å²) in [6.07, 6.45) is 0. The second-order valence-electron chi connectivity index (χ2n) is 5.92. The van der Waals surface area contributed by atoms with E-state index in [0.717, 1.165) is 3.79 Å². The van der Waals surface area contributed by atoms with Crippen molar-refractivity contribution in [3.05, 3.63) is 82.0 Å². The lowest BCUT2D eigenvalue weighted by Crippen LogP contribution is -1.87. The van der Waals surface area contributed by atoms with Crippen molar-refractivity contribution < 1.29 is 0 Å². The first-order chi connectivity index (χ1) is 12.3. The molecule has 0 nitrogen and oxygen atoms in total. The summed E-state index contributed by atoms with van der Waals surface area (Å²) in [5, 5.41) is 7.44. The lowest BCUT2D eigenvalue weighted by atomic mass is 9.90. The zero-order valence-corrected chi connectivity index (χ0v) is 16.4. The smallest absolute Gasteiger partial charge is 0.0705 e. The van der Waals surface area contributed by atoms with E-state index >= 15 is 0 Å². The molecule has 0 spiro atoms. The maximum absolute atomic E-state index is 3.62. The Kier molecular flexibility index (Phi) is 3.74. The molecule has 0 amide bonds. The molecule has 0 saturated heterocycles. The minimum atomic E-state index is 1.16. The molecule has 0 aliphatic heterocycles. The first-order valence-corrected chi connectivity index (χ1v) is 10.5. The summed E-state index contributed by atoms with van der Waals surface area (Å²) in [6, 6.07) is 26.3. The van der Waals surface area contributed by atoms with Crippen LogP contribution in [0.2, 0.25) is 0 Å². The van der Waals surface area contributed by atoms with Gasteiger partial charge in [0, 0.05) is 20.9 Å². The standard InChI is InChI=1S/C22H13BrS2/c23-20-12-11-19(25-20)22-16-8-3-1-6-14(16)21(18-10-5-13-24-18)15-7-2-4-9-17(15)22/h1-13H. The van der Waals surface area contributed by atoms with E-state index in [4.69, 9.17) is 0 Å². The molecular weight excluding hydrogens is 408 g/mol. The van der Waals surface area contributed by atoms with E-state index in [9.17, 15) is 0 Å². The quantitative estimate of drug-likeness (QED) is 0.252. The number of thiophene rings is 2. The summed E-state index contributed by atoms with van der Waals surface area (Å²) in [7, 11) is 0. The first kappa shape index (κ1) is 15.3. The third-order valence-electron chi connectivity index (χ3n) is 4.52. The van der Waals surface area contributed by atoms with Crippen molar-refractivity contribution in [3.8, 4) is 20.9 Å². The molecule has 0 fully saturated rings. The lowest BCUT2D eigenvalue weighted by Gasteiger charge is -2.15. The molecule has 0 aliphatic rings. The number of hydrogen-bond acceptors (Lipinski definition) is 2. The molecule has 0 saturated carbocycles. The molecule has 0 N–H and O–H groups in total. The van der Waals surface area contributed by atoms with Crippen LogP contribution in [0, 0.1) is 0 Å². The molecule has 5 rings (SSSR count). The van der Waals surface area contributed by atoms with Crippen LogP contribution in [0.4, 0.5) is 0 Å². The highest BCUT2D eigenvalue weighted by Crippen LogP contribution is 2.46. The van der Waals surface area contributed by atoms with E-state index in [0.29, 0.717) is 0 Å². The summed E-state index contributed by atoms with van der Waals surface area (Å²) in [6.45, 7) is 0. The minimum Gasteiger partial charge on any atom is -0.144 e. The summed E-state index contributed by atoms with van der Waals surface area (Å²) >= 11 is 7.22. The van der Waals surface area contributed by atoms with Gasteiger partial charge in [-0.05, 0) is 61.1 Å². The van der Waals surface area contributed by atoms with Gasteiger partial charge in [-0.15, -0.1) is 22.7 Å². The maximum atomic E-state index is 3.62. The Bertz CT molecular complexity index is 1140. The van der Waals surface area contributed by atoms with Crippen LogP contribution in [0.5, 0.6) is 0 Å². The van der Waals surface area contributed by atoms with E-state index in [-0.39, 0.29) is 0 Å². The van der Waals surface area contributed by atoms with E-state index in [2.05, 4.69) is 94.1 Å². The van der Waals surface area contributed by atoms with Gasteiger partial charge in [-0.25, -0.2) is 0 Å².